The van der Waals surface area contributed by atoms with Crippen molar-refractivity contribution in [3.8, 4) is 0 Å². The molecule has 1 aromatic rings. The van der Waals surface area contributed by atoms with E-state index in [0.717, 1.165) is 17.7 Å². The fraction of sp³-hybridized carbons (Fsp3) is 0.727. The van der Waals surface area contributed by atoms with Crippen LogP contribution < -0.4 is 0 Å². The summed E-state index contributed by atoms with van der Waals surface area (Å²) in [5.74, 6) is 0. The third-order valence-electron chi connectivity index (χ3n) is 3.38. The Hall–Kier alpha value is -0.610. The molecule has 1 aliphatic rings. The third kappa shape index (κ3) is 2.16. The molecule has 2 heterocycles. The van der Waals surface area contributed by atoms with E-state index in [9.17, 15) is 0 Å². The third-order valence-corrected chi connectivity index (χ3v) is 3.72. The zero-order valence-corrected chi connectivity index (χ0v) is 10.3. The second-order valence-electron chi connectivity index (χ2n) is 4.33. The minimum atomic E-state index is 0.665. The summed E-state index contributed by atoms with van der Waals surface area (Å²) in [7, 11) is 2.21. The van der Waals surface area contributed by atoms with E-state index in [0.29, 0.717) is 6.04 Å². The number of hydrogen-bond donors (Lipinski definition) is 1. The van der Waals surface area contributed by atoms with Crippen molar-refractivity contribution < 1.29 is 0 Å². The van der Waals surface area contributed by atoms with Crippen LogP contribution in [0.1, 0.15) is 25.5 Å². The molecular weight excluding hydrogens is 206 g/mol. The zero-order chi connectivity index (χ0) is 10.8. The largest absolute Gasteiger partial charge is 0.337 e. The van der Waals surface area contributed by atoms with Gasteiger partial charge in [-0.3, -0.25) is 0 Å². The molecular formula is C11H19N3S. The molecule has 0 amide bonds. The van der Waals surface area contributed by atoms with Gasteiger partial charge in [0.2, 0.25) is 0 Å². The van der Waals surface area contributed by atoms with Gasteiger partial charge in [0, 0.05) is 24.5 Å². The minimum absolute atomic E-state index is 0.665. The van der Waals surface area contributed by atoms with E-state index < -0.39 is 0 Å². The summed E-state index contributed by atoms with van der Waals surface area (Å²) in [6, 6.07) is 0.665. The highest BCUT2D eigenvalue weighted by Gasteiger charge is 2.21. The molecule has 0 aliphatic carbocycles. The number of imidazole rings is 1. The van der Waals surface area contributed by atoms with Gasteiger partial charge in [-0.05, 0) is 45.1 Å². The summed E-state index contributed by atoms with van der Waals surface area (Å²) < 4.78 is 3.12. The summed E-state index contributed by atoms with van der Waals surface area (Å²) in [6.07, 6.45) is 5.70. The number of hydrogen-bond acceptors (Lipinski definition) is 2. The summed E-state index contributed by atoms with van der Waals surface area (Å²) in [6.45, 7) is 4.44. The molecule has 84 valence electrons. The van der Waals surface area contributed by atoms with E-state index in [2.05, 4.69) is 28.4 Å². The van der Waals surface area contributed by atoms with E-state index >= 15 is 0 Å². The van der Waals surface area contributed by atoms with Crippen LogP contribution in [-0.4, -0.2) is 34.1 Å². The number of aromatic amines is 1. The number of H-pyrrole nitrogens is 1. The second-order valence-corrected chi connectivity index (χ2v) is 4.71. The molecule has 0 saturated carbocycles. The van der Waals surface area contributed by atoms with Crippen LogP contribution in [0, 0.1) is 4.77 Å². The van der Waals surface area contributed by atoms with Crippen LogP contribution in [-0.2, 0) is 13.0 Å². The first kappa shape index (κ1) is 10.9. The monoisotopic (exact) mass is 225 g/mol. The molecule has 0 radical (unpaired) electrons. The Labute approximate surface area is 96.1 Å². The summed E-state index contributed by atoms with van der Waals surface area (Å²) in [5, 5.41) is 0. The fourth-order valence-corrected chi connectivity index (χ4v) is 2.60. The maximum absolute atomic E-state index is 5.30. The van der Waals surface area contributed by atoms with Gasteiger partial charge in [0.15, 0.2) is 4.77 Å². The highest BCUT2D eigenvalue weighted by Crippen LogP contribution is 2.17. The average Bonchev–Trinajstić information content (AvgIpc) is 2.77. The molecule has 1 atom stereocenters. The van der Waals surface area contributed by atoms with Gasteiger partial charge in [-0.15, -0.1) is 0 Å². The first-order valence-corrected chi connectivity index (χ1v) is 6.10. The lowest BCUT2D eigenvalue weighted by molar-refractivity contribution is 0.279. The van der Waals surface area contributed by atoms with E-state index in [-0.39, 0.29) is 0 Å². The number of aromatic nitrogens is 2. The van der Waals surface area contributed by atoms with Crippen molar-refractivity contribution >= 4 is 12.2 Å². The molecule has 1 fully saturated rings. The van der Waals surface area contributed by atoms with Gasteiger partial charge in [0.25, 0.3) is 0 Å². The molecule has 1 unspecified atom stereocenters. The summed E-state index contributed by atoms with van der Waals surface area (Å²) in [5.41, 5.74) is 1.32. The lowest BCUT2D eigenvalue weighted by atomic mass is 10.2. The van der Waals surface area contributed by atoms with Crippen molar-refractivity contribution in [2.24, 2.45) is 0 Å². The molecule has 1 aliphatic heterocycles. The Morgan fingerprint density at radius 1 is 1.60 bits per heavy atom. The summed E-state index contributed by atoms with van der Waals surface area (Å²) >= 11 is 5.30. The van der Waals surface area contributed by atoms with Crippen LogP contribution in [0.5, 0.6) is 0 Å². The number of aryl methyl sites for hydroxylation is 1. The van der Waals surface area contributed by atoms with Crippen molar-refractivity contribution in [2.75, 3.05) is 13.6 Å². The number of nitrogens with one attached hydrogen (secondary N) is 1. The Morgan fingerprint density at radius 2 is 2.40 bits per heavy atom. The number of likely N-dealkylation sites (N-methyl/N-ethyl adjacent to an activating group) is 1. The maximum atomic E-state index is 5.30. The molecule has 1 N–H and O–H groups in total. The highest BCUT2D eigenvalue weighted by molar-refractivity contribution is 7.71. The molecule has 15 heavy (non-hydrogen) atoms. The minimum Gasteiger partial charge on any atom is -0.337 e. The van der Waals surface area contributed by atoms with Crippen LogP contribution in [0.15, 0.2) is 6.20 Å². The predicted molar refractivity (Wildman–Crippen MR) is 64.6 cm³/mol. The first-order valence-electron chi connectivity index (χ1n) is 5.69. The smallest absolute Gasteiger partial charge is 0.177 e. The quantitative estimate of drug-likeness (QED) is 0.797. The van der Waals surface area contributed by atoms with Crippen molar-refractivity contribution in [1.82, 2.24) is 14.5 Å². The van der Waals surface area contributed by atoms with Gasteiger partial charge in [-0.1, -0.05) is 6.92 Å². The number of likely N-dealkylation sites (tertiary alicyclic amines) is 1. The molecule has 0 bridgehead atoms. The van der Waals surface area contributed by atoms with Gasteiger partial charge in [-0.2, -0.15) is 0 Å². The Morgan fingerprint density at radius 3 is 3.00 bits per heavy atom. The van der Waals surface area contributed by atoms with Gasteiger partial charge < -0.3 is 14.5 Å². The number of nitrogens with zero attached hydrogens (tertiary/aromatic N) is 2. The molecule has 1 aromatic heterocycles. The standard InChI is InChI=1S/C11H19N3S/c1-3-9-7-12-11(15)14(9)8-10-5-4-6-13(10)2/h7,10H,3-6,8H2,1-2H3,(H,12,15). The average molecular weight is 225 g/mol. The Bertz CT molecular complexity index is 379. The van der Waals surface area contributed by atoms with Gasteiger partial charge in [0.05, 0.1) is 0 Å². The maximum Gasteiger partial charge on any atom is 0.177 e. The summed E-state index contributed by atoms with van der Waals surface area (Å²) in [4.78, 5) is 5.57. The second kappa shape index (κ2) is 4.49. The predicted octanol–water partition coefficient (Wildman–Crippen LogP) is 2.20. The van der Waals surface area contributed by atoms with E-state index in [1.54, 1.807) is 0 Å². The van der Waals surface area contributed by atoms with Crippen LogP contribution in [0.4, 0.5) is 0 Å². The molecule has 4 heteroatoms. The fourth-order valence-electron chi connectivity index (χ4n) is 2.35. The zero-order valence-electron chi connectivity index (χ0n) is 9.49. The molecule has 0 spiro atoms. The molecule has 2 rings (SSSR count). The normalized spacial score (nSPS) is 22.4. The van der Waals surface area contributed by atoms with Crippen LogP contribution in [0.2, 0.25) is 0 Å². The SMILES string of the molecule is CCc1c[nH]c(=S)n1CC1CCCN1C. The van der Waals surface area contributed by atoms with Crippen LogP contribution in [0.3, 0.4) is 0 Å². The lowest BCUT2D eigenvalue weighted by Gasteiger charge is -2.20. The van der Waals surface area contributed by atoms with Crippen molar-refractivity contribution in [1.29, 1.82) is 0 Å². The van der Waals surface area contributed by atoms with Crippen LogP contribution >= 0.6 is 12.2 Å². The van der Waals surface area contributed by atoms with Crippen LogP contribution in [0.25, 0.3) is 0 Å². The van der Waals surface area contributed by atoms with Crippen molar-refractivity contribution in [3.05, 3.63) is 16.7 Å². The van der Waals surface area contributed by atoms with Gasteiger partial charge in [-0.25, -0.2) is 0 Å². The number of rotatable bonds is 3. The highest BCUT2D eigenvalue weighted by atomic mass is 32.1. The van der Waals surface area contributed by atoms with E-state index in [1.807, 2.05) is 6.20 Å². The van der Waals surface area contributed by atoms with Crippen molar-refractivity contribution in [3.63, 3.8) is 0 Å². The first-order chi connectivity index (χ1) is 7.22. The lowest BCUT2D eigenvalue weighted by Crippen LogP contribution is -2.29. The Balaban J connectivity index is 2.15. The topological polar surface area (TPSA) is 24.0 Å². The van der Waals surface area contributed by atoms with E-state index in [1.165, 1.54) is 25.1 Å². The van der Waals surface area contributed by atoms with E-state index in [4.69, 9.17) is 12.2 Å². The molecule has 3 nitrogen and oxygen atoms in total. The molecule has 1 saturated heterocycles. The van der Waals surface area contributed by atoms with Crippen molar-refractivity contribution in [2.45, 2.75) is 38.8 Å². The van der Waals surface area contributed by atoms with Gasteiger partial charge in [0.1, 0.15) is 0 Å². The van der Waals surface area contributed by atoms with Gasteiger partial charge >= 0.3 is 0 Å². The molecule has 0 aromatic carbocycles. The Kier molecular flexibility index (Phi) is 3.26.